The Bertz CT molecular complexity index is 1030. The van der Waals surface area contributed by atoms with Crippen molar-refractivity contribution in [2.24, 2.45) is 0 Å². The number of ether oxygens (including phenoxy) is 1. The molecule has 1 N–H and O–H groups in total. The van der Waals surface area contributed by atoms with Crippen molar-refractivity contribution in [1.29, 1.82) is 5.26 Å². The number of allylic oxidation sites excluding steroid dienone is 1. The fraction of sp³-hybridized carbons (Fsp3) is 0.250. The van der Waals surface area contributed by atoms with Gasteiger partial charge in [-0.05, 0) is 61.7 Å². The molecule has 1 heterocycles. The van der Waals surface area contributed by atoms with Crippen molar-refractivity contribution in [3.63, 3.8) is 0 Å². The van der Waals surface area contributed by atoms with Crippen LogP contribution in [0.25, 0.3) is 16.8 Å². The first-order valence-electron chi connectivity index (χ1n) is 9.74. The summed E-state index contributed by atoms with van der Waals surface area (Å²) in [6.07, 6.45) is 3.87. The van der Waals surface area contributed by atoms with Gasteiger partial charge in [-0.3, -0.25) is 0 Å². The van der Waals surface area contributed by atoms with Crippen molar-refractivity contribution in [1.82, 2.24) is 4.98 Å². The predicted octanol–water partition coefficient (Wildman–Crippen LogP) is 6.58. The summed E-state index contributed by atoms with van der Waals surface area (Å²) < 4.78 is 5.67. The standard InChI is InChI=1S/C24H25N3OS/c1-4-5-12-28-22-10-8-21(9-11-22)26-15-20(14-25)24-27-23(16-29-24)19-7-6-17(2)18(3)13-19/h6-11,13,15-16,26H,4-5,12H2,1-3H3/b20-15+. The number of hydrogen-bond donors (Lipinski definition) is 1. The number of nitrogens with one attached hydrogen (secondary N) is 1. The Hall–Kier alpha value is -3.10. The van der Waals surface area contributed by atoms with Crippen molar-refractivity contribution in [3.05, 3.63) is 70.2 Å². The van der Waals surface area contributed by atoms with E-state index in [0.717, 1.165) is 42.1 Å². The minimum Gasteiger partial charge on any atom is -0.494 e. The quantitative estimate of drug-likeness (QED) is 0.341. The summed E-state index contributed by atoms with van der Waals surface area (Å²) in [6.45, 7) is 7.06. The van der Waals surface area contributed by atoms with Crippen LogP contribution in [0.1, 0.15) is 35.9 Å². The number of aryl methyl sites for hydroxylation is 2. The number of benzene rings is 2. The van der Waals surface area contributed by atoms with Gasteiger partial charge >= 0.3 is 0 Å². The normalized spacial score (nSPS) is 11.2. The summed E-state index contributed by atoms with van der Waals surface area (Å²) in [5.74, 6) is 0.853. The van der Waals surface area contributed by atoms with Crippen LogP contribution in [0.2, 0.25) is 0 Å². The largest absolute Gasteiger partial charge is 0.494 e. The average molecular weight is 404 g/mol. The number of anilines is 1. The molecule has 0 atom stereocenters. The van der Waals surface area contributed by atoms with Crippen molar-refractivity contribution in [2.75, 3.05) is 11.9 Å². The molecule has 0 aliphatic heterocycles. The van der Waals surface area contributed by atoms with Gasteiger partial charge in [0.15, 0.2) is 0 Å². The molecule has 0 bridgehead atoms. The van der Waals surface area contributed by atoms with Crippen molar-refractivity contribution in [2.45, 2.75) is 33.6 Å². The molecule has 0 radical (unpaired) electrons. The molecule has 5 heteroatoms. The van der Waals surface area contributed by atoms with E-state index in [1.807, 2.05) is 29.6 Å². The van der Waals surface area contributed by atoms with Crippen LogP contribution in [-0.2, 0) is 0 Å². The van der Waals surface area contributed by atoms with Crippen LogP contribution >= 0.6 is 11.3 Å². The molecular weight excluding hydrogens is 378 g/mol. The van der Waals surface area contributed by atoms with E-state index >= 15 is 0 Å². The zero-order chi connectivity index (χ0) is 20.6. The van der Waals surface area contributed by atoms with Crippen LogP contribution in [0.4, 0.5) is 5.69 Å². The minimum atomic E-state index is 0.508. The molecule has 3 rings (SSSR count). The maximum Gasteiger partial charge on any atom is 0.136 e. The molecule has 4 nitrogen and oxygen atoms in total. The Kier molecular flexibility index (Phi) is 7.04. The third-order valence-electron chi connectivity index (χ3n) is 4.66. The van der Waals surface area contributed by atoms with Crippen LogP contribution in [0.5, 0.6) is 5.75 Å². The van der Waals surface area contributed by atoms with E-state index in [-0.39, 0.29) is 0 Å². The highest BCUT2D eigenvalue weighted by molar-refractivity contribution is 7.11. The zero-order valence-electron chi connectivity index (χ0n) is 17.0. The molecule has 1 aromatic heterocycles. The molecule has 0 amide bonds. The first-order chi connectivity index (χ1) is 14.1. The maximum absolute atomic E-state index is 9.57. The van der Waals surface area contributed by atoms with E-state index in [9.17, 15) is 5.26 Å². The number of unbranched alkanes of at least 4 members (excludes halogenated alkanes) is 1. The monoisotopic (exact) mass is 403 g/mol. The van der Waals surface area contributed by atoms with Gasteiger partial charge in [0.1, 0.15) is 22.4 Å². The second-order valence-corrected chi connectivity index (χ2v) is 7.74. The fourth-order valence-corrected chi connectivity index (χ4v) is 3.50. The Balaban J connectivity index is 1.69. The lowest BCUT2D eigenvalue weighted by Gasteiger charge is -2.06. The highest BCUT2D eigenvalue weighted by Crippen LogP contribution is 2.27. The lowest BCUT2D eigenvalue weighted by molar-refractivity contribution is 0.309. The van der Waals surface area contributed by atoms with E-state index in [1.54, 1.807) is 6.20 Å². The lowest BCUT2D eigenvalue weighted by Crippen LogP contribution is -1.96. The number of thiazole rings is 1. The third-order valence-corrected chi connectivity index (χ3v) is 5.54. The highest BCUT2D eigenvalue weighted by Gasteiger charge is 2.09. The van der Waals surface area contributed by atoms with Crippen LogP contribution in [0, 0.1) is 25.2 Å². The van der Waals surface area contributed by atoms with Crippen molar-refractivity contribution < 1.29 is 4.74 Å². The Labute approximate surface area is 176 Å². The Morgan fingerprint density at radius 2 is 1.97 bits per heavy atom. The maximum atomic E-state index is 9.57. The summed E-state index contributed by atoms with van der Waals surface area (Å²) in [5.41, 5.74) is 5.85. The number of nitrogens with zero attached hydrogens (tertiary/aromatic N) is 2. The number of hydrogen-bond acceptors (Lipinski definition) is 5. The van der Waals surface area contributed by atoms with Crippen LogP contribution in [0.3, 0.4) is 0 Å². The molecule has 0 aliphatic rings. The summed E-state index contributed by atoms with van der Waals surface area (Å²) in [6, 6.07) is 16.3. The molecule has 3 aromatic rings. The van der Waals surface area contributed by atoms with E-state index in [0.29, 0.717) is 10.6 Å². The fourth-order valence-electron chi connectivity index (χ4n) is 2.71. The Morgan fingerprint density at radius 1 is 1.17 bits per heavy atom. The molecule has 0 aliphatic carbocycles. The lowest BCUT2D eigenvalue weighted by atomic mass is 10.1. The van der Waals surface area contributed by atoms with Gasteiger partial charge in [-0.1, -0.05) is 25.5 Å². The summed E-state index contributed by atoms with van der Waals surface area (Å²) >= 11 is 1.47. The smallest absolute Gasteiger partial charge is 0.136 e. The second kappa shape index (κ2) is 9.90. The molecule has 0 unspecified atom stereocenters. The van der Waals surface area contributed by atoms with Crippen LogP contribution < -0.4 is 10.1 Å². The third kappa shape index (κ3) is 5.46. The van der Waals surface area contributed by atoms with E-state index in [1.165, 1.54) is 22.5 Å². The predicted molar refractivity (Wildman–Crippen MR) is 121 cm³/mol. The van der Waals surface area contributed by atoms with Gasteiger partial charge in [-0.15, -0.1) is 11.3 Å². The van der Waals surface area contributed by atoms with Gasteiger partial charge < -0.3 is 10.1 Å². The van der Waals surface area contributed by atoms with E-state index < -0.39 is 0 Å². The molecule has 148 valence electrons. The van der Waals surface area contributed by atoms with Gasteiger partial charge in [0, 0.05) is 22.8 Å². The number of aromatic nitrogens is 1. The molecular formula is C24H25N3OS. The first-order valence-corrected chi connectivity index (χ1v) is 10.6. The summed E-state index contributed by atoms with van der Waals surface area (Å²) in [5, 5.41) is 15.4. The van der Waals surface area contributed by atoms with Gasteiger partial charge in [-0.25, -0.2) is 4.98 Å². The summed E-state index contributed by atoms with van der Waals surface area (Å²) in [4.78, 5) is 4.66. The minimum absolute atomic E-state index is 0.508. The number of rotatable bonds is 8. The van der Waals surface area contributed by atoms with Crippen molar-refractivity contribution in [3.8, 4) is 23.1 Å². The van der Waals surface area contributed by atoms with E-state index in [2.05, 4.69) is 55.3 Å². The second-order valence-electron chi connectivity index (χ2n) is 6.88. The number of nitriles is 1. The van der Waals surface area contributed by atoms with Crippen molar-refractivity contribution >= 4 is 22.6 Å². The van der Waals surface area contributed by atoms with E-state index in [4.69, 9.17) is 4.74 Å². The highest BCUT2D eigenvalue weighted by atomic mass is 32.1. The van der Waals surface area contributed by atoms with Gasteiger partial charge in [0.05, 0.1) is 12.3 Å². The molecule has 0 saturated carbocycles. The molecule has 0 fully saturated rings. The average Bonchev–Trinajstić information content (AvgIpc) is 3.22. The van der Waals surface area contributed by atoms with Crippen LogP contribution in [-0.4, -0.2) is 11.6 Å². The van der Waals surface area contributed by atoms with Crippen LogP contribution in [0.15, 0.2) is 54.0 Å². The van der Waals surface area contributed by atoms with Gasteiger partial charge in [0.25, 0.3) is 0 Å². The zero-order valence-corrected chi connectivity index (χ0v) is 17.8. The first kappa shape index (κ1) is 20.6. The van der Waals surface area contributed by atoms with Gasteiger partial charge in [-0.2, -0.15) is 5.26 Å². The molecule has 2 aromatic carbocycles. The SMILES string of the molecule is CCCCOc1ccc(N/C=C(\C#N)c2nc(-c3ccc(C)c(C)c3)cs2)cc1. The van der Waals surface area contributed by atoms with Gasteiger partial charge in [0.2, 0.25) is 0 Å². The summed E-state index contributed by atoms with van der Waals surface area (Å²) in [7, 11) is 0. The topological polar surface area (TPSA) is 57.9 Å². The molecule has 0 saturated heterocycles. The Morgan fingerprint density at radius 3 is 2.66 bits per heavy atom. The molecule has 0 spiro atoms. The molecule has 29 heavy (non-hydrogen) atoms.